The van der Waals surface area contributed by atoms with Gasteiger partial charge in [0.1, 0.15) is 17.6 Å². The number of carbonyl (C=O) groups excluding carboxylic acids is 1. The number of likely N-dealkylation sites (tertiary alicyclic amines) is 1. The summed E-state index contributed by atoms with van der Waals surface area (Å²) in [6, 6.07) is 8.45. The van der Waals surface area contributed by atoms with Gasteiger partial charge >= 0.3 is 6.18 Å². The van der Waals surface area contributed by atoms with Gasteiger partial charge in [0.15, 0.2) is 0 Å². The van der Waals surface area contributed by atoms with Crippen LogP contribution in [-0.4, -0.2) is 59.1 Å². The van der Waals surface area contributed by atoms with Crippen LogP contribution in [0, 0.1) is 5.92 Å². The number of ether oxygens (including phenoxy) is 1. The van der Waals surface area contributed by atoms with Crippen LogP contribution in [0.4, 0.5) is 13.2 Å². The Morgan fingerprint density at radius 2 is 2.00 bits per heavy atom. The van der Waals surface area contributed by atoms with Crippen LogP contribution in [0.5, 0.6) is 11.5 Å². The fourth-order valence-electron chi connectivity index (χ4n) is 7.63. The molecule has 2 aromatic rings. The zero-order valence-corrected chi connectivity index (χ0v) is 21.2. The van der Waals surface area contributed by atoms with Gasteiger partial charge in [-0.1, -0.05) is 18.2 Å². The molecule has 2 aromatic carbocycles. The number of benzene rings is 2. The number of aromatic hydroxyl groups is 1. The van der Waals surface area contributed by atoms with Crippen LogP contribution < -0.4 is 4.74 Å². The molecule has 38 heavy (non-hydrogen) atoms. The lowest BCUT2D eigenvalue weighted by Crippen LogP contribution is -2.68. The van der Waals surface area contributed by atoms with Crippen molar-refractivity contribution in [3.8, 4) is 11.5 Å². The van der Waals surface area contributed by atoms with Crippen molar-refractivity contribution in [1.29, 1.82) is 0 Å². The monoisotopic (exact) mass is 524 g/mol. The molecule has 2 aliphatic heterocycles. The van der Waals surface area contributed by atoms with Gasteiger partial charge in [0, 0.05) is 42.3 Å². The highest BCUT2D eigenvalue weighted by molar-refractivity contribution is 5.92. The van der Waals surface area contributed by atoms with Crippen molar-refractivity contribution in [3.63, 3.8) is 0 Å². The number of hydrogen-bond donors (Lipinski definition) is 1. The molecule has 2 bridgehead atoms. The third kappa shape index (κ3) is 3.67. The summed E-state index contributed by atoms with van der Waals surface area (Å²) < 4.78 is 45.2. The third-order valence-electron chi connectivity index (χ3n) is 9.29. The van der Waals surface area contributed by atoms with Crippen molar-refractivity contribution in [2.45, 2.75) is 55.5 Å². The van der Waals surface area contributed by atoms with E-state index in [1.54, 1.807) is 24.1 Å². The zero-order valence-electron chi connectivity index (χ0n) is 21.2. The molecule has 2 fully saturated rings. The largest absolute Gasteiger partial charge is 0.508 e. The number of rotatable bonds is 5. The SMILES string of the molecule is C=CCN1CC[C@@]23c4c5ccc(O)c4C[C@@H]1[C@@H]2CC[C@@H](N(C)C(=O)C=Cc1ccc(C(F)(F)F)cc1)[C@@H]3O5. The summed E-state index contributed by atoms with van der Waals surface area (Å²) >= 11 is 0. The van der Waals surface area contributed by atoms with Gasteiger partial charge in [0.05, 0.1) is 11.6 Å². The summed E-state index contributed by atoms with van der Waals surface area (Å²) in [5.41, 5.74) is 1.64. The Balaban J connectivity index is 1.28. The molecule has 0 aromatic heterocycles. The van der Waals surface area contributed by atoms with Crippen molar-refractivity contribution in [2.24, 2.45) is 5.92 Å². The molecule has 5 atom stereocenters. The van der Waals surface area contributed by atoms with Gasteiger partial charge < -0.3 is 14.7 Å². The van der Waals surface area contributed by atoms with Gasteiger partial charge in [-0.2, -0.15) is 13.2 Å². The van der Waals surface area contributed by atoms with Crippen LogP contribution in [-0.2, 0) is 22.8 Å². The highest BCUT2D eigenvalue weighted by Gasteiger charge is 2.66. The topological polar surface area (TPSA) is 53.0 Å². The van der Waals surface area contributed by atoms with Gasteiger partial charge in [-0.05, 0) is 74.1 Å². The molecule has 2 heterocycles. The number of halogens is 3. The first-order valence-corrected chi connectivity index (χ1v) is 13.1. The van der Waals surface area contributed by atoms with E-state index in [0.29, 0.717) is 17.2 Å². The Morgan fingerprint density at radius 1 is 1.24 bits per heavy atom. The van der Waals surface area contributed by atoms with E-state index in [9.17, 15) is 23.1 Å². The fourth-order valence-corrected chi connectivity index (χ4v) is 7.63. The van der Waals surface area contributed by atoms with Crippen molar-refractivity contribution < 1.29 is 27.8 Å². The second-order valence-electron chi connectivity index (χ2n) is 11.0. The van der Waals surface area contributed by atoms with Crippen LogP contribution in [0.3, 0.4) is 0 Å². The Labute approximate surface area is 220 Å². The Bertz CT molecular complexity index is 1310. The number of phenols is 1. The average Bonchev–Trinajstić information content (AvgIpc) is 3.23. The minimum atomic E-state index is -4.40. The van der Waals surface area contributed by atoms with E-state index in [1.165, 1.54) is 18.2 Å². The fraction of sp³-hybridized carbons (Fsp3) is 0.433. The molecule has 5 nitrogen and oxygen atoms in total. The van der Waals surface area contributed by atoms with E-state index in [2.05, 4.69) is 11.5 Å². The third-order valence-corrected chi connectivity index (χ3v) is 9.29. The summed E-state index contributed by atoms with van der Waals surface area (Å²) in [4.78, 5) is 17.5. The quantitative estimate of drug-likeness (QED) is 0.433. The lowest BCUT2D eigenvalue weighted by atomic mass is 9.51. The number of phenolic OH excluding ortho intramolecular Hbond substituents is 1. The van der Waals surface area contributed by atoms with Gasteiger partial charge in [-0.15, -0.1) is 6.58 Å². The number of amides is 1. The van der Waals surface area contributed by atoms with E-state index in [4.69, 9.17) is 4.74 Å². The Morgan fingerprint density at radius 3 is 2.71 bits per heavy atom. The number of piperidine rings is 1. The molecule has 4 aliphatic rings. The highest BCUT2D eigenvalue weighted by atomic mass is 19.4. The predicted octanol–water partition coefficient (Wildman–Crippen LogP) is 5.18. The molecular weight excluding hydrogens is 493 g/mol. The molecule has 1 N–H and O–H groups in total. The van der Waals surface area contributed by atoms with E-state index < -0.39 is 11.7 Å². The molecule has 0 radical (unpaired) electrons. The highest BCUT2D eigenvalue weighted by Crippen LogP contribution is 2.63. The Hall–Kier alpha value is -3.26. The van der Waals surface area contributed by atoms with Gasteiger partial charge in [0.25, 0.3) is 0 Å². The first-order chi connectivity index (χ1) is 18.1. The number of hydrogen-bond acceptors (Lipinski definition) is 4. The first kappa shape index (κ1) is 25.0. The average molecular weight is 525 g/mol. The summed E-state index contributed by atoms with van der Waals surface area (Å²) in [5.74, 6) is 1.27. The van der Waals surface area contributed by atoms with Crippen LogP contribution in [0.2, 0.25) is 0 Å². The molecule has 1 saturated heterocycles. The Kier molecular flexibility index (Phi) is 5.87. The second-order valence-corrected chi connectivity index (χ2v) is 11.0. The van der Waals surface area contributed by atoms with Gasteiger partial charge in [-0.25, -0.2) is 0 Å². The molecule has 2 aliphatic carbocycles. The van der Waals surface area contributed by atoms with E-state index in [0.717, 1.165) is 67.8 Å². The normalized spacial score (nSPS) is 29.6. The lowest BCUT2D eigenvalue weighted by Gasteiger charge is -2.60. The maximum absolute atomic E-state index is 13.3. The van der Waals surface area contributed by atoms with Crippen molar-refractivity contribution in [1.82, 2.24) is 9.80 Å². The molecule has 6 rings (SSSR count). The van der Waals surface area contributed by atoms with Crippen LogP contribution in [0.1, 0.15) is 41.5 Å². The zero-order chi connectivity index (χ0) is 26.8. The lowest BCUT2D eigenvalue weighted by molar-refractivity contribution is -0.137. The summed E-state index contributed by atoms with van der Waals surface area (Å²) in [7, 11) is 1.78. The van der Waals surface area contributed by atoms with E-state index in [1.807, 2.05) is 12.1 Å². The molecule has 1 spiro atoms. The number of alkyl halides is 3. The maximum Gasteiger partial charge on any atom is 0.416 e. The maximum atomic E-state index is 13.3. The standard InChI is InChI=1S/C30H31F3N2O3/c1-3-15-35-16-14-29-21-9-10-22(28(29)38-25-12-11-24(36)20(27(25)29)17-23(21)35)34(2)26(37)13-6-18-4-7-19(8-5-18)30(31,32)33/h3-8,11-13,21-23,28,36H,1,9-10,14-17H2,2H3/t21-,22+,23+,28-,29-/m0/s1. The smallest absolute Gasteiger partial charge is 0.416 e. The number of carbonyl (C=O) groups is 1. The summed E-state index contributed by atoms with van der Waals surface area (Å²) in [5, 5.41) is 10.8. The van der Waals surface area contributed by atoms with Gasteiger partial charge in [-0.3, -0.25) is 9.69 Å². The summed E-state index contributed by atoms with van der Waals surface area (Å²) in [6.07, 6.45) is 3.68. The molecule has 8 heteroatoms. The van der Waals surface area contributed by atoms with E-state index >= 15 is 0 Å². The van der Waals surface area contributed by atoms with Crippen molar-refractivity contribution >= 4 is 12.0 Å². The predicted molar refractivity (Wildman–Crippen MR) is 138 cm³/mol. The minimum absolute atomic E-state index is 0.164. The van der Waals surface area contributed by atoms with Crippen molar-refractivity contribution in [3.05, 3.63) is 77.4 Å². The number of likely N-dealkylation sites (N-methyl/N-ethyl adjacent to an activating group) is 1. The van der Waals surface area contributed by atoms with Crippen LogP contribution in [0.15, 0.2) is 55.1 Å². The van der Waals surface area contributed by atoms with Crippen molar-refractivity contribution in [2.75, 3.05) is 20.1 Å². The molecular formula is C30H31F3N2O3. The van der Waals surface area contributed by atoms with Gasteiger partial charge in [0.2, 0.25) is 5.91 Å². The minimum Gasteiger partial charge on any atom is -0.508 e. The molecule has 1 amide bonds. The molecule has 0 unspecified atom stereocenters. The number of nitrogens with zero attached hydrogens (tertiary/aromatic N) is 2. The molecule has 1 saturated carbocycles. The van der Waals surface area contributed by atoms with Crippen LogP contribution in [0.25, 0.3) is 6.08 Å². The molecule has 200 valence electrons. The second kappa shape index (κ2) is 8.90. The summed E-state index contributed by atoms with van der Waals surface area (Å²) in [6.45, 7) is 5.65. The van der Waals surface area contributed by atoms with E-state index in [-0.39, 0.29) is 29.5 Å². The van der Waals surface area contributed by atoms with Crippen LogP contribution >= 0.6 is 0 Å². The first-order valence-electron chi connectivity index (χ1n) is 13.1.